The molecule has 0 saturated carbocycles. The van der Waals surface area contributed by atoms with E-state index in [1.165, 1.54) is 4.90 Å². The van der Waals surface area contributed by atoms with E-state index in [0.29, 0.717) is 25.3 Å². The van der Waals surface area contributed by atoms with Crippen LogP contribution in [0.1, 0.15) is 19.4 Å². The minimum Gasteiger partial charge on any atom is -0.355 e. The smallest absolute Gasteiger partial charge is 0.322 e. The molecule has 20 heavy (non-hydrogen) atoms. The number of hydrogen-bond donors (Lipinski definition) is 3. The summed E-state index contributed by atoms with van der Waals surface area (Å²) in [6, 6.07) is 7.03. The van der Waals surface area contributed by atoms with Gasteiger partial charge in [0, 0.05) is 25.3 Å². The van der Waals surface area contributed by atoms with E-state index in [1.807, 2.05) is 32.0 Å². The second-order valence-electron chi connectivity index (χ2n) is 4.30. The molecule has 0 aliphatic rings. The number of urea groups is 1. The fourth-order valence-electron chi connectivity index (χ4n) is 1.73. The highest BCUT2D eigenvalue weighted by atomic mass is 16.2. The van der Waals surface area contributed by atoms with Gasteiger partial charge in [-0.1, -0.05) is 12.1 Å². The molecule has 0 aliphatic heterocycles. The van der Waals surface area contributed by atoms with E-state index in [2.05, 4.69) is 10.6 Å². The first-order chi connectivity index (χ1) is 9.60. The molecule has 0 saturated heterocycles. The van der Waals surface area contributed by atoms with Crippen LogP contribution in [0.5, 0.6) is 0 Å². The quantitative estimate of drug-likeness (QED) is 0.729. The molecule has 0 fully saturated rings. The fourth-order valence-corrected chi connectivity index (χ4v) is 1.73. The van der Waals surface area contributed by atoms with Gasteiger partial charge in [0.05, 0.1) is 0 Å². The Labute approximate surface area is 119 Å². The molecule has 0 aromatic heterocycles. The number of nitrogens with two attached hydrogens (primary N) is 1. The van der Waals surface area contributed by atoms with Crippen molar-refractivity contribution in [3.63, 3.8) is 0 Å². The molecule has 0 spiro atoms. The number of benzene rings is 1. The van der Waals surface area contributed by atoms with Gasteiger partial charge in [-0.05, 0) is 31.5 Å². The molecule has 110 valence electrons. The normalized spacial score (nSPS) is 9.95. The standard InChI is InChI=1S/C14H22N4O2/c1-3-16-13(19)10-18(4-2)14(20)17-12-7-5-6-11(8-12)9-15/h5-8H,3-4,9-10,15H2,1-2H3,(H,16,19)(H,17,20). The minimum absolute atomic E-state index is 0.0484. The molecule has 6 nitrogen and oxygen atoms in total. The fraction of sp³-hybridized carbons (Fsp3) is 0.429. The van der Waals surface area contributed by atoms with Crippen molar-refractivity contribution < 1.29 is 9.59 Å². The number of carbonyl (C=O) groups excluding carboxylic acids is 2. The maximum Gasteiger partial charge on any atom is 0.322 e. The highest BCUT2D eigenvalue weighted by Crippen LogP contribution is 2.11. The van der Waals surface area contributed by atoms with Crippen molar-refractivity contribution in [1.29, 1.82) is 0 Å². The summed E-state index contributed by atoms with van der Waals surface area (Å²) in [5.74, 6) is -0.166. The van der Waals surface area contributed by atoms with Crippen molar-refractivity contribution in [2.24, 2.45) is 5.73 Å². The number of hydrogen-bond acceptors (Lipinski definition) is 3. The van der Waals surface area contributed by atoms with Crippen LogP contribution in [-0.4, -0.2) is 36.5 Å². The summed E-state index contributed by atoms with van der Waals surface area (Å²) in [6.45, 7) is 5.14. The lowest BCUT2D eigenvalue weighted by Crippen LogP contribution is -2.42. The molecule has 1 rings (SSSR count). The zero-order valence-electron chi connectivity index (χ0n) is 12.0. The zero-order chi connectivity index (χ0) is 15.0. The van der Waals surface area contributed by atoms with Gasteiger partial charge in [0.15, 0.2) is 0 Å². The number of rotatable bonds is 6. The van der Waals surface area contributed by atoms with Crippen LogP contribution in [0.15, 0.2) is 24.3 Å². The first-order valence-electron chi connectivity index (χ1n) is 6.72. The Bertz CT molecular complexity index is 462. The molecule has 0 atom stereocenters. The highest BCUT2D eigenvalue weighted by molar-refractivity contribution is 5.92. The maximum absolute atomic E-state index is 12.1. The van der Waals surface area contributed by atoms with Crippen molar-refractivity contribution in [2.75, 3.05) is 25.0 Å². The van der Waals surface area contributed by atoms with Gasteiger partial charge < -0.3 is 21.3 Å². The molecular weight excluding hydrogens is 256 g/mol. The van der Waals surface area contributed by atoms with Crippen molar-refractivity contribution in [2.45, 2.75) is 20.4 Å². The lowest BCUT2D eigenvalue weighted by atomic mass is 10.2. The molecule has 0 radical (unpaired) electrons. The highest BCUT2D eigenvalue weighted by Gasteiger charge is 2.15. The summed E-state index contributed by atoms with van der Waals surface area (Å²) < 4.78 is 0. The average Bonchev–Trinajstić information content (AvgIpc) is 2.45. The molecular formula is C14H22N4O2. The monoisotopic (exact) mass is 278 g/mol. The maximum atomic E-state index is 12.1. The molecule has 1 aromatic rings. The van der Waals surface area contributed by atoms with Crippen LogP contribution < -0.4 is 16.4 Å². The Morgan fingerprint density at radius 2 is 2.05 bits per heavy atom. The molecule has 0 aliphatic carbocycles. The van der Waals surface area contributed by atoms with Gasteiger partial charge in [0.2, 0.25) is 5.91 Å². The van der Waals surface area contributed by atoms with Gasteiger partial charge in [0.25, 0.3) is 0 Å². The predicted molar refractivity (Wildman–Crippen MR) is 79.3 cm³/mol. The van der Waals surface area contributed by atoms with Gasteiger partial charge in [-0.15, -0.1) is 0 Å². The number of nitrogens with one attached hydrogen (secondary N) is 2. The third-order valence-corrected chi connectivity index (χ3v) is 2.79. The Kier molecular flexibility index (Phi) is 6.52. The van der Waals surface area contributed by atoms with Crippen molar-refractivity contribution in [1.82, 2.24) is 10.2 Å². The Morgan fingerprint density at radius 3 is 2.65 bits per heavy atom. The van der Waals surface area contributed by atoms with E-state index in [9.17, 15) is 9.59 Å². The van der Waals surface area contributed by atoms with Gasteiger partial charge in [-0.3, -0.25) is 4.79 Å². The molecule has 1 aromatic carbocycles. The molecule has 0 bridgehead atoms. The first kappa shape index (κ1) is 16.0. The topological polar surface area (TPSA) is 87.5 Å². The SMILES string of the molecule is CCNC(=O)CN(CC)C(=O)Nc1cccc(CN)c1. The summed E-state index contributed by atoms with van der Waals surface area (Å²) >= 11 is 0. The van der Waals surface area contributed by atoms with Crippen molar-refractivity contribution in [3.05, 3.63) is 29.8 Å². The van der Waals surface area contributed by atoms with Crippen LogP contribution in [0.4, 0.5) is 10.5 Å². The Hall–Kier alpha value is -2.08. The Morgan fingerprint density at radius 1 is 1.30 bits per heavy atom. The van der Waals surface area contributed by atoms with Crippen LogP contribution >= 0.6 is 0 Å². The summed E-state index contributed by atoms with van der Waals surface area (Å²) in [6.07, 6.45) is 0. The third-order valence-electron chi connectivity index (χ3n) is 2.79. The van der Waals surface area contributed by atoms with Crippen LogP contribution in [0.2, 0.25) is 0 Å². The van der Waals surface area contributed by atoms with Gasteiger partial charge in [0.1, 0.15) is 6.54 Å². The van der Waals surface area contributed by atoms with Crippen molar-refractivity contribution >= 4 is 17.6 Å². The summed E-state index contributed by atoms with van der Waals surface area (Å²) in [5, 5.41) is 5.44. The van der Waals surface area contributed by atoms with Gasteiger partial charge in [-0.2, -0.15) is 0 Å². The number of likely N-dealkylation sites (N-methyl/N-ethyl adjacent to an activating group) is 2. The summed E-state index contributed by atoms with van der Waals surface area (Å²) in [7, 11) is 0. The van der Waals surface area contributed by atoms with E-state index in [0.717, 1.165) is 5.56 Å². The van der Waals surface area contributed by atoms with E-state index in [4.69, 9.17) is 5.73 Å². The second kappa shape index (κ2) is 8.16. The number of nitrogens with zero attached hydrogens (tertiary/aromatic N) is 1. The molecule has 0 heterocycles. The van der Waals surface area contributed by atoms with Crippen LogP contribution in [0.3, 0.4) is 0 Å². The van der Waals surface area contributed by atoms with Gasteiger partial charge in [-0.25, -0.2) is 4.79 Å². The molecule has 3 amide bonds. The molecule has 0 unspecified atom stereocenters. The lowest BCUT2D eigenvalue weighted by Gasteiger charge is -2.20. The van der Waals surface area contributed by atoms with Crippen molar-refractivity contribution in [3.8, 4) is 0 Å². The summed E-state index contributed by atoms with van der Waals surface area (Å²) in [5.41, 5.74) is 7.17. The summed E-state index contributed by atoms with van der Waals surface area (Å²) in [4.78, 5) is 25.1. The number of anilines is 1. The van der Waals surface area contributed by atoms with E-state index >= 15 is 0 Å². The largest absolute Gasteiger partial charge is 0.355 e. The lowest BCUT2D eigenvalue weighted by molar-refractivity contribution is -0.121. The Balaban J connectivity index is 2.64. The van der Waals surface area contributed by atoms with Gasteiger partial charge >= 0.3 is 6.03 Å². The van der Waals surface area contributed by atoms with Crippen LogP contribution in [0.25, 0.3) is 0 Å². The first-order valence-corrected chi connectivity index (χ1v) is 6.72. The van der Waals surface area contributed by atoms with E-state index < -0.39 is 0 Å². The number of amides is 3. The third kappa shape index (κ3) is 4.89. The minimum atomic E-state index is -0.298. The predicted octanol–water partition coefficient (Wildman–Crippen LogP) is 1.14. The zero-order valence-corrected chi connectivity index (χ0v) is 12.0. The molecule has 4 N–H and O–H groups in total. The van der Waals surface area contributed by atoms with Crippen LogP contribution in [0, 0.1) is 0 Å². The number of carbonyl (C=O) groups is 2. The van der Waals surface area contributed by atoms with E-state index in [-0.39, 0.29) is 18.5 Å². The average molecular weight is 278 g/mol. The second-order valence-corrected chi connectivity index (χ2v) is 4.30. The van der Waals surface area contributed by atoms with Crippen LogP contribution in [-0.2, 0) is 11.3 Å². The molecule has 6 heteroatoms. The van der Waals surface area contributed by atoms with E-state index in [1.54, 1.807) is 6.07 Å².